The van der Waals surface area contributed by atoms with Gasteiger partial charge in [0.25, 0.3) is 0 Å². The summed E-state index contributed by atoms with van der Waals surface area (Å²) < 4.78 is 5.74. The first-order valence-electron chi connectivity index (χ1n) is 5.64. The Labute approximate surface area is 87.8 Å². The van der Waals surface area contributed by atoms with E-state index in [-0.39, 0.29) is 0 Å². The molecule has 0 aromatic carbocycles. The molecule has 1 aliphatic rings. The molecule has 14 heavy (non-hydrogen) atoms. The molecule has 84 valence electrons. The molecule has 0 bridgehead atoms. The van der Waals surface area contributed by atoms with E-state index in [1.807, 2.05) is 0 Å². The number of likely N-dealkylation sites (N-methyl/N-ethyl adjacent to an activating group) is 1. The van der Waals surface area contributed by atoms with Crippen LogP contribution in [-0.2, 0) is 4.74 Å². The number of hydrogen-bond donors (Lipinski definition) is 1. The van der Waals surface area contributed by atoms with Gasteiger partial charge in [-0.05, 0) is 19.9 Å². The van der Waals surface area contributed by atoms with Crippen LogP contribution in [0.2, 0.25) is 0 Å². The Kier molecular flexibility index (Phi) is 4.85. The molecule has 0 aliphatic carbocycles. The summed E-state index contributed by atoms with van der Waals surface area (Å²) in [6.07, 6.45) is 0.354. The Morgan fingerprint density at radius 2 is 2.14 bits per heavy atom. The van der Waals surface area contributed by atoms with E-state index in [9.17, 15) is 0 Å². The highest BCUT2D eigenvalue weighted by molar-refractivity contribution is 4.79. The van der Waals surface area contributed by atoms with Crippen LogP contribution in [0.1, 0.15) is 20.8 Å². The molecule has 0 amide bonds. The maximum Gasteiger partial charge on any atom is 0.0852 e. The predicted molar refractivity (Wildman–Crippen MR) is 59.5 cm³/mol. The molecule has 0 aromatic rings. The average Bonchev–Trinajstić information content (AvgIpc) is 2.17. The quantitative estimate of drug-likeness (QED) is 0.731. The molecule has 2 unspecified atom stereocenters. The number of rotatable bonds is 4. The van der Waals surface area contributed by atoms with Gasteiger partial charge in [0.05, 0.1) is 12.7 Å². The molecule has 0 aromatic heterocycles. The SMILES string of the molecule is CC(C)CN(C)C(C)C1CNCCO1. The molecular weight excluding hydrogens is 176 g/mol. The second kappa shape index (κ2) is 5.69. The van der Waals surface area contributed by atoms with Crippen molar-refractivity contribution in [2.75, 3.05) is 33.3 Å². The Balaban J connectivity index is 2.33. The van der Waals surface area contributed by atoms with E-state index < -0.39 is 0 Å². The molecule has 1 N–H and O–H groups in total. The fourth-order valence-corrected chi connectivity index (χ4v) is 1.92. The van der Waals surface area contributed by atoms with Crippen molar-refractivity contribution >= 4 is 0 Å². The highest BCUT2D eigenvalue weighted by atomic mass is 16.5. The Hall–Kier alpha value is -0.120. The van der Waals surface area contributed by atoms with Gasteiger partial charge in [0.1, 0.15) is 0 Å². The summed E-state index contributed by atoms with van der Waals surface area (Å²) in [5.74, 6) is 0.721. The lowest BCUT2D eigenvalue weighted by molar-refractivity contribution is -0.0220. The third-order valence-corrected chi connectivity index (χ3v) is 2.84. The summed E-state index contributed by atoms with van der Waals surface area (Å²) in [6, 6.07) is 0.505. The van der Waals surface area contributed by atoms with Crippen LogP contribution in [0.15, 0.2) is 0 Å². The van der Waals surface area contributed by atoms with Gasteiger partial charge >= 0.3 is 0 Å². The van der Waals surface area contributed by atoms with Crippen molar-refractivity contribution < 1.29 is 4.74 Å². The molecule has 0 saturated carbocycles. The molecule has 1 rings (SSSR count). The molecular formula is C11H24N2O. The number of hydrogen-bond acceptors (Lipinski definition) is 3. The molecule has 1 heterocycles. The Morgan fingerprint density at radius 1 is 1.43 bits per heavy atom. The zero-order valence-electron chi connectivity index (χ0n) is 9.92. The molecule has 0 spiro atoms. The van der Waals surface area contributed by atoms with Gasteiger partial charge in [-0.3, -0.25) is 0 Å². The topological polar surface area (TPSA) is 24.5 Å². The van der Waals surface area contributed by atoms with Gasteiger partial charge in [-0.25, -0.2) is 0 Å². The van der Waals surface area contributed by atoms with Crippen LogP contribution in [-0.4, -0.2) is 50.3 Å². The lowest BCUT2D eigenvalue weighted by Gasteiger charge is -2.35. The highest BCUT2D eigenvalue weighted by Crippen LogP contribution is 2.09. The maximum atomic E-state index is 5.74. The number of nitrogens with zero attached hydrogens (tertiary/aromatic N) is 1. The molecule has 2 atom stereocenters. The molecule has 1 aliphatic heterocycles. The summed E-state index contributed by atoms with van der Waals surface area (Å²) in [5.41, 5.74) is 0. The first kappa shape index (κ1) is 12.0. The van der Waals surface area contributed by atoms with Crippen molar-refractivity contribution in [1.82, 2.24) is 10.2 Å². The maximum absolute atomic E-state index is 5.74. The zero-order valence-corrected chi connectivity index (χ0v) is 9.92. The van der Waals surface area contributed by atoms with Gasteiger partial charge in [0.2, 0.25) is 0 Å². The normalized spacial score (nSPS) is 25.7. The molecule has 1 fully saturated rings. The summed E-state index contributed by atoms with van der Waals surface area (Å²) in [6.45, 7) is 10.7. The molecule has 1 saturated heterocycles. The largest absolute Gasteiger partial charge is 0.374 e. The van der Waals surface area contributed by atoms with Crippen LogP contribution in [0.25, 0.3) is 0 Å². The van der Waals surface area contributed by atoms with E-state index >= 15 is 0 Å². The van der Waals surface area contributed by atoms with Crippen LogP contribution < -0.4 is 5.32 Å². The van der Waals surface area contributed by atoms with E-state index in [1.165, 1.54) is 0 Å². The number of ether oxygens (including phenoxy) is 1. The van der Waals surface area contributed by atoms with Gasteiger partial charge in [-0.15, -0.1) is 0 Å². The van der Waals surface area contributed by atoms with Crippen LogP contribution >= 0.6 is 0 Å². The second-order valence-electron chi connectivity index (χ2n) is 4.69. The highest BCUT2D eigenvalue weighted by Gasteiger charge is 2.23. The third-order valence-electron chi connectivity index (χ3n) is 2.84. The standard InChI is InChI=1S/C11H24N2O/c1-9(2)8-13(4)10(3)11-7-12-5-6-14-11/h9-12H,5-8H2,1-4H3. The van der Waals surface area contributed by atoms with Gasteiger partial charge in [0.15, 0.2) is 0 Å². The predicted octanol–water partition coefficient (Wildman–Crippen LogP) is 0.951. The molecule has 3 nitrogen and oxygen atoms in total. The van der Waals surface area contributed by atoms with Crippen LogP contribution in [0.3, 0.4) is 0 Å². The first-order valence-corrected chi connectivity index (χ1v) is 5.64. The third kappa shape index (κ3) is 3.56. The summed E-state index contributed by atoms with van der Waals surface area (Å²) in [5, 5.41) is 3.37. The minimum atomic E-state index is 0.354. The van der Waals surface area contributed by atoms with Crippen molar-refractivity contribution in [3.05, 3.63) is 0 Å². The number of morpholine rings is 1. The smallest absolute Gasteiger partial charge is 0.0852 e. The average molecular weight is 200 g/mol. The monoisotopic (exact) mass is 200 g/mol. The summed E-state index contributed by atoms with van der Waals surface area (Å²) in [4.78, 5) is 2.39. The van der Waals surface area contributed by atoms with Gasteiger partial charge < -0.3 is 15.0 Å². The van der Waals surface area contributed by atoms with E-state index in [4.69, 9.17) is 4.74 Å². The number of nitrogens with one attached hydrogen (secondary N) is 1. The van der Waals surface area contributed by atoms with Gasteiger partial charge in [0, 0.05) is 25.7 Å². The van der Waals surface area contributed by atoms with E-state index in [0.717, 1.165) is 32.2 Å². The van der Waals surface area contributed by atoms with E-state index in [2.05, 4.69) is 38.0 Å². The zero-order chi connectivity index (χ0) is 10.6. The van der Waals surface area contributed by atoms with Crippen molar-refractivity contribution in [3.63, 3.8) is 0 Å². The van der Waals surface area contributed by atoms with Crippen molar-refractivity contribution in [3.8, 4) is 0 Å². The molecule has 3 heteroatoms. The van der Waals surface area contributed by atoms with Gasteiger partial charge in [-0.2, -0.15) is 0 Å². The Bertz CT molecular complexity index is 155. The Morgan fingerprint density at radius 3 is 2.64 bits per heavy atom. The second-order valence-corrected chi connectivity index (χ2v) is 4.69. The summed E-state index contributed by atoms with van der Waals surface area (Å²) >= 11 is 0. The van der Waals surface area contributed by atoms with Crippen molar-refractivity contribution in [1.29, 1.82) is 0 Å². The lowest BCUT2D eigenvalue weighted by atomic mass is 10.1. The minimum Gasteiger partial charge on any atom is -0.374 e. The fourth-order valence-electron chi connectivity index (χ4n) is 1.92. The minimum absolute atomic E-state index is 0.354. The summed E-state index contributed by atoms with van der Waals surface area (Å²) in [7, 11) is 2.18. The lowest BCUT2D eigenvalue weighted by Crippen LogP contribution is -2.50. The van der Waals surface area contributed by atoms with Crippen molar-refractivity contribution in [2.24, 2.45) is 5.92 Å². The van der Waals surface area contributed by atoms with Crippen molar-refractivity contribution in [2.45, 2.75) is 32.9 Å². The van der Waals surface area contributed by atoms with Crippen LogP contribution in [0, 0.1) is 5.92 Å². The fraction of sp³-hybridized carbons (Fsp3) is 1.00. The van der Waals surface area contributed by atoms with Gasteiger partial charge in [-0.1, -0.05) is 13.8 Å². The van der Waals surface area contributed by atoms with Crippen LogP contribution in [0.4, 0.5) is 0 Å². The van der Waals surface area contributed by atoms with Crippen LogP contribution in [0.5, 0.6) is 0 Å². The molecule has 0 radical (unpaired) electrons. The van der Waals surface area contributed by atoms with E-state index in [1.54, 1.807) is 0 Å². The first-order chi connectivity index (χ1) is 6.61. The van der Waals surface area contributed by atoms with E-state index in [0.29, 0.717) is 12.1 Å².